The molecule has 1 saturated heterocycles. The molecular formula is C19H22FN3O. The van der Waals surface area contributed by atoms with Crippen LogP contribution in [0.1, 0.15) is 17.2 Å². The van der Waals surface area contributed by atoms with Gasteiger partial charge in [-0.2, -0.15) is 0 Å². The lowest BCUT2D eigenvalue weighted by atomic mass is 10.0. The first-order chi connectivity index (χ1) is 11.5. The van der Waals surface area contributed by atoms with Gasteiger partial charge in [0.15, 0.2) is 0 Å². The lowest BCUT2D eigenvalue weighted by Crippen LogP contribution is -2.51. The summed E-state index contributed by atoms with van der Waals surface area (Å²) in [6.07, 6.45) is 0. The normalized spacial score (nSPS) is 16.1. The van der Waals surface area contributed by atoms with Crippen LogP contribution >= 0.6 is 0 Å². The van der Waals surface area contributed by atoms with Crippen molar-refractivity contribution in [1.82, 2.24) is 4.90 Å². The van der Waals surface area contributed by atoms with Crippen LogP contribution in [0.4, 0.5) is 10.1 Å². The van der Waals surface area contributed by atoms with E-state index in [0.29, 0.717) is 13.1 Å². The van der Waals surface area contributed by atoms with Crippen LogP contribution < -0.4 is 10.6 Å². The standard InChI is InChI=1S/C19H22FN3O/c1-14-2-4-15(5-3-14)18(21)19(24)23-12-10-22(11-13-23)17-8-6-16(20)7-9-17/h2-9,18H,10-13,21H2,1H3. The zero-order valence-electron chi connectivity index (χ0n) is 13.8. The van der Waals surface area contributed by atoms with E-state index in [4.69, 9.17) is 5.73 Å². The Kier molecular flexibility index (Phi) is 4.81. The highest BCUT2D eigenvalue weighted by Crippen LogP contribution is 2.19. The number of aryl methyl sites for hydroxylation is 1. The van der Waals surface area contributed by atoms with Gasteiger partial charge in [-0.05, 0) is 36.8 Å². The zero-order valence-corrected chi connectivity index (χ0v) is 13.8. The fourth-order valence-electron chi connectivity index (χ4n) is 2.95. The first-order valence-corrected chi connectivity index (χ1v) is 8.16. The summed E-state index contributed by atoms with van der Waals surface area (Å²) in [5.41, 5.74) is 9.10. The maximum absolute atomic E-state index is 13.0. The molecule has 0 aromatic heterocycles. The number of rotatable bonds is 3. The maximum atomic E-state index is 13.0. The van der Waals surface area contributed by atoms with E-state index in [-0.39, 0.29) is 11.7 Å². The number of anilines is 1. The Labute approximate surface area is 141 Å². The average Bonchev–Trinajstić information content (AvgIpc) is 2.62. The molecule has 1 atom stereocenters. The summed E-state index contributed by atoms with van der Waals surface area (Å²) >= 11 is 0. The summed E-state index contributed by atoms with van der Waals surface area (Å²) in [5.74, 6) is -0.283. The van der Waals surface area contributed by atoms with Crippen LogP contribution in [0.15, 0.2) is 48.5 Å². The predicted octanol–water partition coefficient (Wildman–Crippen LogP) is 2.48. The minimum atomic E-state index is -0.622. The molecule has 2 aromatic carbocycles. The van der Waals surface area contributed by atoms with E-state index < -0.39 is 6.04 Å². The summed E-state index contributed by atoms with van der Waals surface area (Å²) in [4.78, 5) is 16.6. The molecule has 5 heteroatoms. The van der Waals surface area contributed by atoms with Crippen molar-refractivity contribution in [3.8, 4) is 0 Å². The minimum absolute atomic E-state index is 0.0439. The van der Waals surface area contributed by atoms with Crippen molar-refractivity contribution in [2.45, 2.75) is 13.0 Å². The van der Waals surface area contributed by atoms with Crippen LogP contribution in [0, 0.1) is 12.7 Å². The largest absolute Gasteiger partial charge is 0.368 e. The molecule has 1 aliphatic heterocycles. The topological polar surface area (TPSA) is 49.6 Å². The van der Waals surface area contributed by atoms with Crippen LogP contribution in [-0.4, -0.2) is 37.0 Å². The summed E-state index contributed by atoms with van der Waals surface area (Å²) in [6, 6.07) is 13.6. The Bertz CT molecular complexity index is 692. The third-order valence-corrected chi connectivity index (χ3v) is 4.49. The second-order valence-electron chi connectivity index (χ2n) is 6.18. The minimum Gasteiger partial charge on any atom is -0.368 e. The Balaban J connectivity index is 1.60. The molecule has 1 amide bonds. The second-order valence-corrected chi connectivity index (χ2v) is 6.18. The number of hydrogen-bond donors (Lipinski definition) is 1. The van der Waals surface area contributed by atoms with Gasteiger partial charge in [0.05, 0.1) is 0 Å². The van der Waals surface area contributed by atoms with Crippen LogP contribution in [0.25, 0.3) is 0 Å². The van der Waals surface area contributed by atoms with Gasteiger partial charge in [-0.15, -0.1) is 0 Å². The molecule has 0 bridgehead atoms. The Morgan fingerprint density at radius 3 is 2.17 bits per heavy atom. The van der Waals surface area contributed by atoms with Crippen molar-refractivity contribution in [3.05, 3.63) is 65.5 Å². The summed E-state index contributed by atoms with van der Waals surface area (Å²) in [6.45, 7) is 4.69. The average molecular weight is 327 g/mol. The number of nitrogens with zero attached hydrogens (tertiary/aromatic N) is 2. The predicted molar refractivity (Wildman–Crippen MR) is 93.3 cm³/mol. The first kappa shape index (κ1) is 16.5. The number of piperazine rings is 1. The quantitative estimate of drug-likeness (QED) is 0.942. The van der Waals surface area contributed by atoms with Crippen molar-refractivity contribution in [1.29, 1.82) is 0 Å². The number of nitrogens with two attached hydrogens (primary N) is 1. The van der Waals surface area contributed by atoms with Gasteiger partial charge in [0.2, 0.25) is 5.91 Å². The molecule has 4 nitrogen and oxygen atoms in total. The molecule has 0 aliphatic carbocycles. The van der Waals surface area contributed by atoms with Crippen LogP contribution in [0.3, 0.4) is 0 Å². The summed E-state index contributed by atoms with van der Waals surface area (Å²) in [7, 11) is 0. The highest BCUT2D eigenvalue weighted by Gasteiger charge is 2.26. The van der Waals surface area contributed by atoms with E-state index in [1.807, 2.05) is 36.1 Å². The Morgan fingerprint density at radius 1 is 1.00 bits per heavy atom. The fourth-order valence-corrected chi connectivity index (χ4v) is 2.95. The van der Waals surface area contributed by atoms with Gasteiger partial charge in [0.1, 0.15) is 11.9 Å². The molecule has 3 rings (SSSR count). The van der Waals surface area contributed by atoms with E-state index in [2.05, 4.69) is 4.90 Å². The molecule has 126 valence electrons. The molecule has 1 unspecified atom stereocenters. The molecule has 0 saturated carbocycles. The van der Waals surface area contributed by atoms with Crippen molar-refractivity contribution in [3.63, 3.8) is 0 Å². The molecule has 1 aliphatic rings. The van der Waals surface area contributed by atoms with Gasteiger partial charge < -0.3 is 15.5 Å². The van der Waals surface area contributed by atoms with E-state index >= 15 is 0 Å². The molecule has 2 aromatic rings. The van der Waals surface area contributed by atoms with Crippen molar-refractivity contribution < 1.29 is 9.18 Å². The molecule has 0 radical (unpaired) electrons. The molecule has 0 spiro atoms. The highest BCUT2D eigenvalue weighted by molar-refractivity contribution is 5.83. The zero-order chi connectivity index (χ0) is 17.1. The number of benzene rings is 2. The van der Waals surface area contributed by atoms with E-state index in [9.17, 15) is 9.18 Å². The number of carbonyl (C=O) groups excluding carboxylic acids is 1. The van der Waals surface area contributed by atoms with Crippen LogP contribution in [0.5, 0.6) is 0 Å². The van der Waals surface area contributed by atoms with Gasteiger partial charge >= 0.3 is 0 Å². The van der Waals surface area contributed by atoms with Gasteiger partial charge in [0.25, 0.3) is 0 Å². The molecule has 1 fully saturated rings. The third kappa shape index (κ3) is 3.57. The summed E-state index contributed by atoms with van der Waals surface area (Å²) < 4.78 is 13.0. The number of hydrogen-bond acceptors (Lipinski definition) is 3. The van der Waals surface area contributed by atoms with Crippen LogP contribution in [0.2, 0.25) is 0 Å². The summed E-state index contributed by atoms with van der Waals surface area (Å²) in [5, 5.41) is 0. The number of amides is 1. The smallest absolute Gasteiger partial charge is 0.244 e. The van der Waals surface area contributed by atoms with E-state index in [1.54, 1.807) is 12.1 Å². The molecule has 1 heterocycles. The van der Waals surface area contributed by atoms with Crippen LogP contribution in [-0.2, 0) is 4.79 Å². The SMILES string of the molecule is Cc1ccc(C(N)C(=O)N2CCN(c3ccc(F)cc3)CC2)cc1. The van der Waals surface area contributed by atoms with Crippen molar-refractivity contribution in [2.75, 3.05) is 31.1 Å². The Hall–Kier alpha value is -2.40. The molecule has 24 heavy (non-hydrogen) atoms. The van der Waals surface area contributed by atoms with Crippen molar-refractivity contribution >= 4 is 11.6 Å². The van der Waals surface area contributed by atoms with E-state index in [0.717, 1.165) is 29.9 Å². The number of carbonyl (C=O) groups is 1. The van der Waals surface area contributed by atoms with Gasteiger partial charge in [0, 0.05) is 31.9 Å². The second kappa shape index (κ2) is 7.01. The van der Waals surface area contributed by atoms with Gasteiger partial charge in [-0.1, -0.05) is 29.8 Å². The lowest BCUT2D eigenvalue weighted by Gasteiger charge is -2.37. The number of halogens is 1. The fraction of sp³-hybridized carbons (Fsp3) is 0.316. The lowest BCUT2D eigenvalue weighted by molar-refractivity contribution is -0.133. The highest BCUT2D eigenvalue weighted by atomic mass is 19.1. The Morgan fingerprint density at radius 2 is 1.58 bits per heavy atom. The molecular weight excluding hydrogens is 305 g/mol. The van der Waals surface area contributed by atoms with E-state index in [1.165, 1.54) is 12.1 Å². The maximum Gasteiger partial charge on any atom is 0.244 e. The molecule has 2 N–H and O–H groups in total. The third-order valence-electron chi connectivity index (χ3n) is 4.49. The van der Waals surface area contributed by atoms with Gasteiger partial charge in [-0.3, -0.25) is 4.79 Å². The monoisotopic (exact) mass is 327 g/mol. The van der Waals surface area contributed by atoms with Gasteiger partial charge in [-0.25, -0.2) is 4.39 Å². The van der Waals surface area contributed by atoms with Crippen molar-refractivity contribution in [2.24, 2.45) is 5.73 Å². The first-order valence-electron chi connectivity index (χ1n) is 8.16.